The molecule has 0 heterocycles. The standard InChI is InChI=1S/C8H14.C7H12.C6H12.C5H9I.C2H6.2C2H2/c1-4-5-6-7-8(2)3;1-3-7(4-1)5-2-6-7;1-6-4-2-3-5-6;1-4(6)5-2-3-5;3*1-2/h6-7H,2,4-5H2,1,3H3;1-6H2;6H,2-5H2,1H3;4-5H,2-3H2,1H3;1-2H3;2*1-2H/b7-6-;;;;;;. The van der Waals surface area contributed by atoms with Crippen LogP contribution in [0.15, 0.2) is 24.3 Å². The third-order valence-corrected chi connectivity index (χ3v) is 7.62. The molecule has 1 heteroatoms. The molecule has 33 heavy (non-hydrogen) atoms. The van der Waals surface area contributed by atoms with Crippen LogP contribution in [-0.4, -0.2) is 3.92 Å². The van der Waals surface area contributed by atoms with E-state index in [1.165, 1.54) is 64.2 Å². The SMILES string of the molecule is C#C.C#C.C1CC2(C1)CCC2.C=C(C)/C=C\CCC.CC.CC(I)C1CC1.CC1CCCC1. The van der Waals surface area contributed by atoms with Crippen LogP contribution in [0.5, 0.6) is 0 Å². The minimum Gasteiger partial charge on any atom is -0.124 e. The molecule has 0 aromatic carbocycles. The summed E-state index contributed by atoms with van der Waals surface area (Å²) in [6, 6.07) is 0. The Morgan fingerprint density at radius 2 is 1.36 bits per heavy atom. The van der Waals surface area contributed by atoms with Gasteiger partial charge in [0.2, 0.25) is 0 Å². The molecule has 0 nitrogen and oxygen atoms in total. The first-order chi connectivity index (χ1) is 15.9. The zero-order chi connectivity index (χ0) is 26.1. The normalized spacial score (nSPS) is 19.6. The van der Waals surface area contributed by atoms with Crippen LogP contribution in [0, 0.1) is 42.9 Å². The molecular formula is C32H57I. The summed E-state index contributed by atoms with van der Waals surface area (Å²) in [5.41, 5.74) is 2.08. The van der Waals surface area contributed by atoms with Gasteiger partial charge >= 0.3 is 0 Å². The number of terminal acetylenes is 2. The van der Waals surface area contributed by atoms with Gasteiger partial charge in [-0.1, -0.05) is 126 Å². The number of halogens is 1. The Labute approximate surface area is 224 Å². The fourth-order valence-electron chi connectivity index (χ4n) is 3.99. The summed E-state index contributed by atoms with van der Waals surface area (Å²) in [7, 11) is 0. The average molecular weight is 569 g/mol. The maximum Gasteiger partial charge on any atom is 0.0110 e. The number of unbranched alkanes of at least 4 members (excludes halogenated alkanes) is 1. The van der Waals surface area contributed by atoms with E-state index in [1.807, 2.05) is 20.8 Å². The predicted molar refractivity (Wildman–Crippen MR) is 164 cm³/mol. The van der Waals surface area contributed by atoms with E-state index in [1.54, 1.807) is 25.7 Å². The maximum absolute atomic E-state index is 4.00. The van der Waals surface area contributed by atoms with E-state index in [-0.39, 0.29) is 0 Å². The van der Waals surface area contributed by atoms with Crippen molar-refractivity contribution in [1.29, 1.82) is 0 Å². The van der Waals surface area contributed by atoms with Crippen LogP contribution in [0.25, 0.3) is 0 Å². The van der Waals surface area contributed by atoms with Crippen LogP contribution in [0.1, 0.15) is 131 Å². The van der Waals surface area contributed by atoms with Crippen LogP contribution in [0.2, 0.25) is 0 Å². The monoisotopic (exact) mass is 568 g/mol. The molecule has 192 valence electrons. The largest absolute Gasteiger partial charge is 0.124 e. The predicted octanol–water partition coefficient (Wildman–Crippen LogP) is 11.2. The summed E-state index contributed by atoms with van der Waals surface area (Å²) in [4.78, 5) is 0. The Kier molecular flexibility index (Phi) is 29.0. The highest BCUT2D eigenvalue weighted by molar-refractivity contribution is 14.1. The second kappa shape index (κ2) is 25.9. The summed E-state index contributed by atoms with van der Waals surface area (Å²) in [5.74, 6) is 2.13. The third kappa shape index (κ3) is 22.9. The third-order valence-electron chi connectivity index (χ3n) is 6.60. The van der Waals surface area contributed by atoms with Crippen molar-refractivity contribution in [2.75, 3.05) is 0 Å². The van der Waals surface area contributed by atoms with Gasteiger partial charge in [-0.15, -0.1) is 25.7 Å². The minimum absolute atomic E-state index is 0.933. The molecule has 0 aromatic heterocycles. The number of hydrogen-bond acceptors (Lipinski definition) is 0. The Bertz CT molecular complexity index is 454. The first kappa shape index (κ1) is 36.9. The first-order valence-corrected chi connectivity index (χ1v) is 14.8. The summed E-state index contributed by atoms with van der Waals surface area (Å²) in [6.45, 7) is 16.5. The smallest absolute Gasteiger partial charge is 0.0110 e. The van der Waals surface area contributed by atoms with E-state index in [4.69, 9.17) is 0 Å². The van der Waals surface area contributed by atoms with Crippen molar-refractivity contribution in [3.8, 4) is 25.7 Å². The summed E-state index contributed by atoms with van der Waals surface area (Å²) in [6.07, 6.45) is 40.8. The second-order valence-corrected chi connectivity index (χ2v) is 11.6. The lowest BCUT2D eigenvalue weighted by atomic mass is 9.56. The molecule has 4 fully saturated rings. The lowest BCUT2D eigenvalue weighted by Gasteiger charge is -2.49. The molecular weight excluding hydrogens is 511 g/mol. The molecule has 0 saturated heterocycles. The molecule has 4 aliphatic rings. The van der Waals surface area contributed by atoms with Crippen molar-refractivity contribution in [2.45, 2.75) is 135 Å². The number of hydrogen-bond donors (Lipinski definition) is 0. The van der Waals surface area contributed by atoms with Gasteiger partial charge < -0.3 is 0 Å². The molecule has 0 aromatic rings. The van der Waals surface area contributed by atoms with Crippen LogP contribution < -0.4 is 0 Å². The zero-order valence-corrected chi connectivity index (χ0v) is 25.3. The van der Waals surface area contributed by atoms with Crippen molar-refractivity contribution < 1.29 is 0 Å². The summed E-state index contributed by atoms with van der Waals surface area (Å²) in [5, 5.41) is 0. The van der Waals surface area contributed by atoms with Gasteiger partial charge in [-0.25, -0.2) is 0 Å². The molecule has 0 N–H and O–H groups in total. The highest BCUT2D eigenvalue weighted by atomic mass is 127. The summed E-state index contributed by atoms with van der Waals surface area (Å²) < 4.78 is 0.933. The van der Waals surface area contributed by atoms with E-state index in [2.05, 4.69) is 87.8 Å². The van der Waals surface area contributed by atoms with Crippen molar-refractivity contribution in [1.82, 2.24) is 0 Å². The van der Waals surface area contributed by atoms with Crippen molar-refractivity contribution >= 4 is 22.6 Å². The highest BCUT2D eigenvalue weighted by Gasteiger charge is 2.41. The lowest BCUT2D eigenvalue weighted by Crippen LogP contribution is -2.35. The van der Waals surface area contributed by atoms with Gasteiger partial charge in [-0.2, -0.15) is 0 Å². The van der Waals surface area contributed by atoms with Gasteiger partial charge in [0.25, 0.3) is 0 Å². The van der Waals surface area contributed by atoms with Gasteiger partial charge in [0.1, 0.15) is 0 Å². The fourth-order valence-corrected chi connectivity index (χ4v) is 4.71. The van der Waals surface area contributed by atoms with Crippen molar-refractivity contribution in [3.63, 3.8) is 0 Å². The van der Waals surface area contributed by atoms with Gasteiger partial charge in [0.05, 0.1) is 0 Å². The van der Waals surface area contributed by atoms with Gasteiger partial charge in [0, 0.05) is 3.92 Å². The van der Waals surface area contributed by atoms with E-state index < -0.39 is 0 Å². The fraction of sp³-hybridized carbons (Fsp3) is 0.750. The van der Waals surface area contributed by atoms with Crippen molar-refractivity contribution in [2.24, 2.45) is 17.3 Å². The highest BCUT2D eigenvalue weighted by Crippen LogP contribution is 2.55. The number of alkyl halides is 1. The zero-order valence-electron chi connectivity index (χ0n) is 23.2. The second-order valence-electron chi connectivity index (χ2n) is 9.65. The maximum atomic E-state index is 4.00. The van der Waals surface area contributed by atoms with E-state index in [9.17, 15) is 0 Å². The molecule has 0 bridgehead atoms. The molecule has 1 unspecified atom stereocenters. The molecule has 4 aliphatic carbocycles. The average Bonchev–Trinajstić information content (AvgIpc) is 3.52. The van der Waals surface area contributed by atoms with E-state index >= 15 is 0 Å². The van der Waals surface area contributed by atoms with Crippen molar-refractivity contribution in [3.05, 3.63) is 24.3 Å². The van der Waals surface area contributed by atoms with Crippen LogP contribution in [0.4, 0.5) is 0 Å². The molecule has 0 aliphatic heterocycles. The molecule has 4 rings (SSSR count). The summed E-state index contributed by atoms with van der Waals surface area (Å²) >= 11 is 2.49. The topological polar surface area (TPSA) is 0 Å². The number of allylic oxidation sites excluding steroid dienone is 3. The Morgan fingerprint density at radius 1 is 0.939 bits per heavy atom. The Morgan fingerprint density at radius 3 is 1.48 bits per heavy atom. The lowest BCUT2D eigenvalue weighted by molar-refractivity contribution is 0.0314. The molecule has 0 amide bonds. The molecule has 1 atom stereocenters. The Balaban J connectivity index is -0.000000339. The first-order valence-electron chi connectivity index (χ1n) is 13.5. The van der Waals surface area contributed by atoms with E-state index in [0.29, 0.717) is 0 Å². The number of rotatable bonds is 4. The Hall–Kier alpha value is -0.670. The van der Waals surface area contributed by atoms with Crippen LogP contribution in [-0.2, 0) is 0 Å². The van der Waals surface area contributed by atoms with Gasteiger partial charge in [-0.3, -0.25) is 0 Å². The van der Waals surface area contributed by atoms with Crippen LogP contribution in [0.3, 0.4) is 0 Å². The minimum atomic E-state index is 0.933. The van der Waals surface area contributed by atoms with Gasteiger partial charge in [0.15, 0.2) is 0 Å². The quantitative estimate of drug-likeness (QED) is 0.137. The van der Waals surface area contributed by atoms with E-state index in [0.717, 1.165) is 26.7 Å². The van der Waals surface area contributed by atoms with Crippen LogP contribution >= 0.6 is 22.6 Å². The molecule has 4 saturated carbocycles. The van der Waals surface area contributed by atoms with Gasteiger partial charge in [-0.05, 0) is 69.1 Å². The molecule has 1 spiro atoms. The molecule has 0 radical (unpaired) electrons.